The van der Waals surface area contributed by atoms with Gasteiger partial charge >= 0.3 is 0 Å². The summed E-state index contributed by atoms with van der Waals surface area (Å²) >= 11 is 0. The normalized spacial score (nSPS) is 17.4. The number of rotatable bonds is 3. The Kier molecular flexibility index (Phi) is 4.74. The van der Waals surface area contributed by atoms with Crippen LogP contribution in [-0.4, -0.2) is 61.9 Å². The monoisotopic (exact) mass is 401 g/mol. The Bertz CT molecular complexity index is 1200. The largest absolute Gasteiger partial charge is 0.353 e. The number of carbonyl (C=O) groups excluding carboxylic acids is 1. The number of anilines is 1. The molecule has 1 atom stereocenters. The van der Waals surface area contributed by atoms with E-state index in [1.807, 2.05) is 23.2 Å². The van der Waals surface area contributed by atoms with Crippen molar-refractivity contribution >= 4 is 33.8 Å². The highest BCUT2D eigenvalue weighted by atomic mass is 16.2. The van der Waals surface area contributed by atoms with E-state index in [0.29, 0.717) is 12.2 Å². The van der Waals surface area contributed by atoms with E-state index in [1.165, 1.54) is 10.9 Å². The Balaban J connectivity index is 1.49. The van der Waals surface area contributed by atoms with Gasteiger partial charge in [0.15, 0.2) is 11.5 Å². The lowest BCUT2D eigenvalue weighted by Crippen LogP contribution is -2.34. The fraction of sp³-hybridized carbons (Fsp3) is 0.318. The van der Waals surface area contributed by atoms with Crippen LogP contribution in [0.2, 0.25) is 0 Å². The highest BCUT2D eigenvalue weighted by Gasteiger charge is 2.27. The number of nitrogens with zero attached hydrogens (tertiary/aromatic N) is 6. The summed E-state index contributed by atoms with van der Waals surface area (Å²) in [4.78, 5) is 37.1. The lowest BCUT2D eigenvalue weighted by molar-refractivity contribution is -0.129. The maximum Gasteiger partial charge on any atom is 0.219 e. The van der Waals surface area contributed by atoms with Crippen molar-refractivity contribution in [3.05, 3.63) is 54.7 Å². The minimum absolute atomic E-state index is 0.107. The number of nitrogens with one attached hydrogen (secondary N) is 1. The molecular weight excluding hydrogens is 378 g/mol. The summed E-state index contributed by atoms with van der Waals surface area (Å²) in [5, 5.41) is 1.17. The first kappa shape index (κ1) is 18.5. The number of fused-ring (bicyclic) bond motifs is 2. The summed E-state index contributed by atoms with van der Waals surface area (Å²) in [5.41, 5.74) is 3.75. The van der Waals surface area contributed by atoms with E-state index in [2.05, 4.69) is 48.0 Å². The molecule has 1 amide bonds. The minimum atomic E-state index is 0.107. The molecule has 1 aliphatic heterocycles. The predicted molar refractivity (Wildman–Crippen MR) is 115 cm³/mol. The Morgan fingerprint density at radius 1 is 1.10 bits per heavy atom. The second-order valence-electron chi connectivity index (χ2n) is 7.77. The number of carbonyl (C=O) groups is 1. The molecule has 8 nitrogen and oxygen atoms in total. The molecular formula is C22H23N7O. The number of H-pyrrole nitrogens is 1. The molecule has 1 fully saturated rings. The smallest absolute Gasteiger partial charge is 0.219 e. The zero-order valence-corrected chi connectivity index (χ0v) is 16.8. The molecule has 1 saturated heterocycles. The second-order valence-corrected chi connectivity index (χ2v) is 7.77. The maximum absolute atomic E-state index is 12.2. The highest BCUT2D eigenvalue weighted by Crippen LogP contribution is 2.26. The third kappa shape index (κ3) is 3.45. The minimum Gasteiger partial charge on any atom is -0.353 e. The van der Waals surface area contributed by atoms with Gasteiger partial charge in [-0.2, -0.15) is 0 Å². The first-order chi connectivity index (χ1) is 14.7. The zero-order valence-electron chi connectivity index (χ0n) is 16.8. The number of aromatic amines is 1. The van der Waals surface area contributed by atoms with Gasteiger partial charge in [-0.3, -0.25) is 9.78 Å². The number of hydrogen-bond donors (Lipinski definition) is 1. The number of imidazole rings is 1. The first-order valence-corrected chi connectivity index (χ1v) is 10.2. The van der Waals surface area contributed by atoms with Crippen LogP contribution in [0.1, 0.15) is 12.5 Å². The van der Waals surface area contributed by atoms with Crippen LogP contribution >= 0.6 is 0 Å². The number of aromatic nitrogens is 5. The number of pyridine rings is 1. The summed E-state index contributed by atoms with van der Waals surface area (Å²) in [5.74, 6) is 1.21. The number of hydrogen-bond acceptors (Lipinski definition) is 6. The summed E-state index contributed by atoms with van der Waals surface area (Å²) < 4.78 is 0. The standard InChI is InChI=1S/C22H23N7O/c1-15(30)28-8-9-29(22-20-21(25-13-24-20)26-14-27-22)12-16(11-28)10-17-4-2-6-19-18(17)5-3-7-23-19/h2-7,13-14,16H,8-12H2,1H3,(H,24,25,26,27). The molecule has 8 heteroatoms. The average molecular weight is 401 g/mol. The van der Waals surface area contributed by atoms with E-state index < -0.39 is 0 Å². The van der Waals surface area contributed by atoms with Crippen LogP contribution in [0.3, 0.4) is 0 Å². The van der Waals surface area contributed by atoms with E-state index in [-0.39, 0.29) is 11.8 Å². The molecule has 0 spiro atoms. The Morgan fingerprint density at radius 3 is 2.93 bits per heavy atom. The quantitative estimate of drug-likeness (QED) is 0.567. The van der Waals surface area contributed by atoms with Crippen LogP contribution in [-0.2, 0) is 11.2 Å². The van der Waals surface area contributed by atoms with Gasteiger partial charge in [-0.15, -0.1) is 0 Å². The average Bonchev–Trinajstić information content (AvgIpc) is 3.14. The SMILES string of the molecule is CC(=O)N1CCN(c2ncnc3nc[nH]c23)CC(Cc2cccc3ncccc23)C1. The highest BCUT2D eigenvalue weighted by molar-refractivity contribution is 5.83. The summed E-state index contributed by atoms with van der Waals surface area (Å²) in [6, 6.07) is 10.3. The van der Waals surface area contributed by atoms with Crippen molar-refractivity contribution in [1.29, 1.82) is 0 Å². The third-order valence-electron chi connectivity index (χ3n) is 5.79. The molecule has 1 unspecified atom stereocenters. The van der Waals surface area contributed by atoms with Crippen molar-refractivity contribution in [3.63, 3.8) is 0 Å². The van der Waals surface area contributed by atoms with Crippen molar-refractivity contribution < 1.29 is 4.79 Å². The lowest BCUT2D eigenvalue weighted by Gasteiger charge is -2.25. The van der Waals surface area contributed by atoms with Crippen LogP contribution in [0.25, 0.3) is 22.1 Å². The topological polar surface area (TPSA) is 90.9 Å². The molecule has 1 aromatic carbocycles. The molecule has 0 radical (unpaired) electrons. The molecule has 152 valence electrons. The van der Waals surface area contributed by atoms with Gasteiger partial charge in [0.1, 0.15) is 11.8 Å². The van der Waals surface area contributed by atoms with Crippen molar-refractivity contribution in [1.82, 2.24) is 29.8 Å². The Morgan fingerprint density at radius 2 is 2.03 bits per heavy atom. The van der Waals surface area contributed by atoms with E-state index in [0.717, 1.165) is 42.9 Å². The third-order valence-corrected chi connectivity index (χ3v) is 5.79. The summed E-state index contributed by atoms with van der Waals surface area (Å²) in [6.45, 7) is 4.55. The molecule has 0 bridgehead atoms. The van der Waals surface area contributed by atoms with E-state index in [9.17, 15) is 4.79 Å². The summed E-state index contributed by atoms with van der Waals surface area (Å²) in [7, 11) is 0. The van der Waals surface area contributed by atoms with Gasteiger partial charge in [0, 0.05) is 44.7 Å². The molecule has 1 N–H and O–H groups in total. The molecule has 0 saturated carbocycles. The number of amides is 1. The van der Waals surface area contributed by atoms with Crippen molar-refractivity contribution in [2.75, 3.05) is 31.1 Å². The molecule has 30 heavy (non-hydrogen) atoms. The van der Waals surface area contributed by atoms with Crippen molar-refractivity contribution in [2.24, 2.45) is 5.92 Å². The fourth-order valence-corrected chi connectivity index (χ4v) is 4.36. The van der Waals surface area contributed by atoms with Crippen LogP contribution < -0.4 is 4.90 Å². The van der Waals surface area contributed by atoms with Gasteiger partial charge in [-0.25, -0.2) is 15.0 Å². The van der Waals surface area contributed by atoms with Gasteiger partial charge in [0.2, 0.25) is 5.91 Å². The van der Waals surface area contributed by atoms with E-state index in [4.69, 9.17) is 0 Å². The van der Waals surface area contributed by atoms with Crippen LogP contribution in [0.15, 0.2) is 49.2 Å². The van der Waals surface area contributed by atoms with Gasteiger partial charge < -0.3 is 14.8 Å². The Labute approximate surface area is 174 Å². The van der Waals surface area contributed by atoms with Gasteiger partial charge in [0.05, 0.1) is 11.8 Å². The predicted octanol–water partition coefficient (Wildman–Crippen LogP) is 2.43. The Hall–Kier alpha value is -3.55. The number of benzene rings is 1. The molecule has 4 aromatic rings. The van der Waals surface area contributed by atoms with E-state index in [1.54, 1.807) is 19.6 Å². The van der Waals surface area contributed by atoms with E-state index >= 15 is 0 Å². The van der Waals surface area contributed by atoms with Crippen LogP contribution in [0.4, 0.5) is 5.82 Å². The molecule has 1 aliphatic rings. The van der Waals surface area contributed by atoms with Gasteiger partial charge in [0.25, 0.3) is 0 Å². The molecule has 4 heterocycles. The van der Waals surface area contributed by atoms with Crippen LogP contribution in [0, 0.1) is 5.92 Å². The molecule has 0 aliphatic carbocycles. The van der Waals surface area contributed by atoms with Gasteiger partial charge in [-0.1, -0.05) is 18.2 Å². The van der Waals surface area contributed by atoms with Crippen molar-refractivity contribution in [3.8, 4) is 0 Å². The first-order valence-electron chi connectivity index (χ1n) is 10.2. The molecule has 5 rings (SSSR count). The zero-order chi connectivity index (χ0) is 20.5. The van der Waals surface area contributed by atoms with Crippen LogP contribution in [0.5, 0.6) is 0 Å². The van der Waals surface area contributed by atoms with Gasteiger partial charge in [-0.05, 0) is 30.0 Å². The lowest BCUT2D eigenvalue weighted by atomic mass is 9.95. The van der Waals surface area contributed by atoms with Crippen molar-refractivity contribution in [2.45, 2.75) is 13.3 Å². The summed E-state index contributed by atoms with van der Waals surface area (Å²) in [6.07, 6.45) is 5.88. The maximum atomic E-state index is 12.2. The second kappa shape index (κ2) is 7.70. The fourth-order valence-electron chi connectivity index (χ4n) is 4.36. The molecule has 3 aromatic heterocycles.